The van der Waals surface area contributed by atoms with Gasteiger partial charge in [-0.15, -0.1) is 0 Å². The molecule has 24 heavy (non-hydrogen) atoms. The maximum atomic E-state index is 12.8. The topological polar surface area (TPSA) is 40.5 Å². The van der Waals surface area contributed by atoms with Crippen LogP contribution in [0.15, 0.2) is 60.7 Å². The summed E-state index contributed by atoms with van der Waals surface area (Å²) in [6, 6.07) is 19.4. The molecule has 0 aromatic heterocycles. The molecule has 126 valence electrons. The molecule has 1 heterocycles. The number of ketones is 1. The van der Waals surface area contributed by atoms with E-state index < -0.39 is 6.10 Å². The number of likely N-dealkylation sites (tertiary alicyclic amines) is 1. The van der Waals surface area contributed by atoms with Crippen LogP contribution in [0.2, 0.25) is 0 Å². The summed E-state index contributed by atoms with van der Waals surface area (Å²) in [5.41, 5.74) is 1.72. The molecule has 3 heteroatoms. The largest absolute Gasteiger partial charge is 0.388 e. The van der Waals surface area contributed by atoms with Crippen LogP contribution >= 0.6 is 0 Å². The number of hydrogen-bond acceptors (Lipinski definition) is 3. The molecule has 0 saturated carbocycles. The van der Waals surface area contributed by atoms with Crippen molar-refractivity contribution in [3.05, 3.63) is 71.8 Å². The zero-order valence-electron chi connectivity index (χ0n) is 14.1. The second-order valence-electron chi connectivity index (χ2n) is 6.66. The zero-order valence-corrected chi connectivity index (χ0v) is 14.1. The standard InChI is InChI=1S/C21H25NO2/c1-22-18(15-20(23)16-9-4-2-5-10-16)13-8-14-19(22)21(24)17-11-6-3-7-12-17/h2-7,9-12,18-20,23H,8,13-15H2,1H3/t18-,19-,20-/m0/s1. The molecule has 1 aliphatic heterocycles. The van der Waals surface area contributed by atoms with Crippen LogP contribution in [0.3, 0.4) is 0 Å². The Morgan fingerprint density at radius 1 is 1.08 bits per heavy atom. The number of carbonyl (C=O) groups is 1. The summed E-state index contributed by atoms with van der Waals surface area (Å²) in [5, 5.41) is 10.5. The molecular formula is C21H25NO2. The van der Waals surface area contributed by atoms with Gasteiger partial charge in [0.05, 0.1) is 12.1 Å². The van der Waals surface area contributed by atoms with Gasteiger partial charge in [0.2, 0.25) is 0 Å². The van der Waals surface area contributed by atoms with Gasteiger partial charge in [-0.2, -0.15) is 0 Å². The lowest BCUT2D eigenvalue weighted by molar-refractivity contribution is 0.0499. The number of rotatable bonds is 5. The Balaban J connectivity index is 1.69. The smallest absolute Gasteiger partial charge is 0.179 e. The van der Waals surface area contributed by atoms with E-state index in [1.54, 1.807) is 0 Å². The minimum absolute atomic E-state index is 0.0888. The fourth-order valence-electron chi connectivity index (χ4n) is 3.67. The Hall–Kier alpha value is -1.97. The molecule has 3 rings (SSSR count). The number of hydrogen-bond donors (Lipinski definition) is 1. The summed E-state index contributed by atoms with van der Waals surface area (Å²) >= 11 is 0. The monoisotopic (exact) mass is 323 g/mol. The van der Waals surface area contributed by atoms with Gasteiger partial charge in [0.15, 0.2) is 5.78 Å². The van der Waals surface area contributed by atoms with Gasteiger partial charge in [-0.05, 0) is 38.3 Å². The molecule has 3 atom stereocenters. The number of likely N-dealkylation sites (N-methyl/N-ethyl adjacent to an activating group) is 1. The molecule has 2 aromatic rings. The van der Waals surface area contributed by atoms with Crippen molar-refractivity contribution in [3.63, 3.8) is 0 Å². The van der Waals surface area contributed by atoms with Gasteiger partial charge in [0, 0.05) is 11.6 Å². The van der Waals surface area contributed by atoms with Crippen molar-refractivity contribution in [2.75, 3.05) is 7.05 Å². The molecule has 2 aromatic carbocycles. The van der Waals surface area contributed by atoms with Crippen LogP contribution in [0.25, 0.3) is 0 Å². The third-order valence-corrected chi connectivity index (χ3v) is 5.12. The van der Waals surface area contributed by atoms with Gasteiger partial charge in [-0.1, -0.05) is 60.7 Å². The van der Waals surface area contributed by atoms with Crippen molar-refractivity contribution in [1.82, 2.24) is 4.90 Å². The van der Waals surface area contributed by atoms with Crippen LogP contribution in [-0.4, -0.2) is 34.9 Å². The Bertz CT molecular complexity index is 656. The maximum absolute atomic E-state index is 12.8. The second-order valence-corrected chi connectivity index (χ2v) is 6.66. The molecule has 0 bridgehead atoms. The van der Waals surface area contributed by atoms with E-state index in [9.17, 15) is 9.90 Å². The fourth-order valence-corrected chi connectivity index (χ4v) is 3.67. The first-order valence-corrected chi connectivity index (χ1v) is 8.71. The molecule has 0 spiro atoms. The third kappa shape index (κ3) is 3.74. The summed E-state index contributed by atoms with van der Waals surface area (Å²) in [7, 11) is 2.02. The molecule has 1 fully saturated rings. The SMILES string of the molecule is CN1[C@H](C[C@H](O)c2ccccc2)CCC[C@H]1C(=O)c1ccccc1. The van der Waals surface area contributed by atoms with Gasteiger partial charge < -0.3 is 5.11 Å². The number of piperidine rings is 1. The molecule has 1 N–H and O–H groups in total. The zero-order chi connectivity index (χ0) is 16.9. The average Bonchev–Trinajstić information content (AvgIpc) is 2.64. The number of benzene rings is 2. The van der Waals surface area contributed by atoms with E-state index in [0.717, 1.165) is 30.4 Å². The Morgan fingerprint density at radius 3 is 2.38 bits per heavy atom. The van der Waals surface area contributed by atoms with E-state index in [4.69, 9.17) is 0 Å². The number of carbonyl (C=O) groups excluding carboxylic acids is 1. The highest BCUT2D eigenvalue weighted by molar-refractivity contribution is 6.00. The minimum Gasteiger partial charge on any atom is -0.388 e. The van der Waals surface area contributed by atoms with Crippen molar-refractivity contribution in [2.45, 2.75) is 43.9 Å². The minimum atomic E-state index is -0.482. The van der Waals surface area contributed by atoms with Gasteiger partial charge in [-0.3, -0.25) is 9.69 Å². The van der Waals surface area contributed by atoms with Crippen molar-refractivity contribution in [1.29, 1.82) is 0 Å². The molecule has 0 radical (unpaired) electrons. The predicted octanol–water partition coefficient (Wildman–Crippen LogP) is 3.85. The van der Waals surface area contributed by atoms with E-state index in [-0.39, 0.29) is 17.9 Å². The number of aliphatic hydroxyl groups excluding tert-OH is 1. The first-order chi connectivity index (χ1) is 11.7. The van der Waals surface area contributed by atoms with Crippen molar-refractivity contribution < 1.29 is 9.90 Å². The molecular weight excluding hydrogens is 298 g/mol. The molecule has 1 saturated heterocycles. The highest BCUT2D eigenvalue weighted by Crippen LogP contribution is 2.30. The Labute approximate surface area is 143 Å². The van der Waals surface area contributed by atoms with Gasteiger partial charge in [-0.25, -0.2) is 0 Å². The lowest BCUT2D eigenvalue weighted by Crippen LogP contribution is -2.48. The fraction of sp³-hybridized carbons (Fsp3) is 0.381. The van der Waals surface area contributed by atoms with E-state index >= 15 is 0 Å². The van der Waals surface area contributed by atoms with Crippen LogP contribution in [0, 0.1) is 0 Å². The first-order valence-electron chi connectivity index (χ1n) is 8.71. The summed E-state index contributed by atoms with van der Waals surface area (Å²) < 4.78 is 0. The van der Waals surface area contributed by atoms with Crippen LogP contribution in [-0.2, 0) is 0 Å². The predicted molar refractivity (Wildman–Crippen MR) is 96.0 cm³/mol. The Morgan fingerprint density at radius 2 is 1.71 bits per heavy atom. The lowest BCUT2D eigenvalue weighted by atomic mass is 9.88. The van der Waals surface area contributed by atoms with Crippen LogP contribution in [0.1, 0.15) is 47.7 Å². The average molecular weight is 323 g/mol. The van der Waals surface area contributed by atoms with E-state index in [0.29, 0.717) is 6.42 Å². The van der Waals surface area contributed by atoms with E-state index in [1.807, 2.05) is 67.7 Å². The van der Waals surface area contributed by atoms with Gasteiger partial charge in [0.1, 0.15) is 0 Å². The van der Waals surface area contributed by atoms with Gasteiger partial charge >= 0.3 is 0 Å². The number of nitrogens with zero attached hydrogens (tertiary/aromatic N) is 1. The number of Topliss-reactive ketones (excluding diaryl/α,β-unsaturated/α-hetero) is 1. The quantitative estimate of drug-likeness (QED) is 0.850. The summed E-state index contributed by atoms with van der Waals surface area (Å²) in [6.45, 7) is 0. The summed E-state index contributed by atoms with van der Waals surface area (Å²) in [6.07, 6.45) is 3.13. The van der Waals surface area contributed by atoms with Crippen molar-refractivity contribution in [2.24, 2.45) is 0 Å². The van der Waals surface area contributed by atoms with Gasteiger partial charge in [0.25, 0.3) is 0 Å². The molecule has 1 aliphatic rings. The third-order valence-electron chi connectivity index (χ3n) is 5.12. The summed E-state index contributed by atoms with van der Waals surface area (Å²) in [4.78, 5) is 15.0. The van der Waals surface area contributed by atoms with E-state index in [1.165, 1.54) is 0 Å². The number of aliphatic hydroxyl groups is 1. The van der Waals surface area contributed by atoms with Crippen LogP contribution in [0.4, 0.5) is 0 Å². The molecule has 0 aliphatic carbocycles. The molecule has 0 amide bonds. The van der Waals surface area contributed by atoms with Crippen LogP contribution < -0.4 is 0 Å². The molecule has 0 unspecified atom stereocenters. The van der Waals surface area contributed by atoms with Crippen LogP contribution in [0.5, 0.6) is 0 Å². The maximum Gasteiger partial charge on any atom is 0.179 e. The molecule has 3 nitrogen and oxygen atoms in total. The Kier molecular flexibility index (Phi) is 5.44. The van der Waals surface area contributed by atoms with Crippen molar-refractivity contribution in [3.8, 4) is 0 Å². The highest BCUT2D eigenvalue weighted by Gasteiger charge is 2.33. The van der Waals surface area contributed by atoms with E-state index in [2.05, 4.69) is 4.90 Å². The normalized spacial score (nSPS) is 22.9. The lowest BCUT2D eigenvalue weighted by Gasteiger charge is -2.39. The summed E-state index contributed by atoms with van der Waals surface area (Å²) in [5.74, 6) is 0.192. The van der Waals surface area contributed by atoms with Crippen molar-refractivity contribution >= 4 is 5.78 Å². The second kappa shape index (κ2) is 7.73. The first kappa shape index (κ1) is 16.9. The highest BCUT2D eigenvalue weighted by atomic mass is 16.3.